The Morgan fingerprint density at radius 2 is 1.65 bits per heavy atom. The van der Waals surface area contributed by atoms with E-state index in [4.69, 9.17) is 4.74 Å². The Morgan fingerprint density at radius 1 is 1.05 bits per heavy atom. The minimum atomic E-state index is -4.37. The van der Waals surface area contributed by atoms with Crippen molar-refractivity contribution in [1.82, 2.24) is 0 Å². The predicted molar refractivity (Wildman–Crippen MR) is 65.1 cm³/mol. The molecule has 1 aromatic rings. The van der Waals surface area contributed by atoms with Crippen molar-refractivity contribution in [3.63, 3.8) is 0 Å². The third kappa shape index (κ3) is 3.44. The van der Waals surface area contributed by atoms with Crippen LogP contribution in [0.15, 0.2) is 29.2 Å². The van der Waals surface area contributed by atoms with Gasteiger partial charge in [-0.1, -0.05) is 0 Å². The van der Waals surface area contributed by atoms with Crippen molar-refractivity contribution < 1.29 is 33.2 Å². The molecule has 4 atom stereocenters. The molecule has 1 aliphatic heterocycles. The number of rotatable bonds is 3. The van der Waals surface area contributed by atoms with Crippen molar-refractivity contribution >= 4 is 11.8 Å². The molecule has 20 heavy (non-hydrogen) atoms. The summed E-state index contributed by atoms with van der Waals surface area (Å²) >= 11 is 1.17. The fourth-order valence-electron chi connectivity index (χ4n) is 1.79. The van der Waals surface area contributed by atoms with Gasteiger partial charge in [-0.3, -0.25) is 0 Å². The highest BCUT2D eigenvalue weighted by atomic mass is 32.2. The molecule has 0 amide bonds. The SMILES string of the molecule is OC1O[C@H](CSc2ccc(C(F)(F)F)cc2)[C@@H](O)[C@H]1O. The lowest BCUT2D eigenvalue weighted by Crippen LogP contribution is -2.33. The number of alkyl halides is 3. The Labute approximate surface area is 117 Å². The first-order chi connectivity index (χ1) is 9.29. The topological polar surface area (TPSA) is 69.9 Å². The maximum atomic E-state index is 12.4. The Hall–Kier alpha value is -0.800. The van der Waals surface area contributed by atoms with Gasteiger partial charge in [0, 0.05) is 10.6 Å². The number of halogens is 3. The quantitative estimate of drug-likeness (QED) is 0.733. The van der Waals surface area contributed by atoms with Gasteiger partial charge in [-0.05, 0) is 24.3 Å². The highest BCUT2D eigenvalue weighted by molar-refractivity contribution is 7.99. The number of hydrogen-bond donors (Lipinski definition) is 3. The van der Waals surface area contributed by atoms with Gasteiger partial charge in [-0.25, -0.2) is 0 Å². The van der Waals surface area contributed by atoms with Crippen molar-refractivity contribution in [2.75, 3.05) is 5.75 Å². The first-order valence-electron chi connectivity index (χ1n) is 5.79. The summed E-state index contributed by atoms with van der Waals surface area (Å²) in [7, 11) is 0. The summed E-state index contributed by atoms with van der Waals surface area (Å²) in [6.45, 7) is 0. The van der Waals surface area contributed by atoms with E-state index in [9.17, 15) is 28.5 Å². The molecule has 112 valence electrons. The van der Waals surface area contributed by atoms with Gasteiger partial charge in [0.05, 0.1) is 11.7 Å². The van der Waals surface area contributed by atoms with Gasteiger partial charge in [-0.15, -0.1) is 11.8 Å². The van der Waals surface area contributed by atoms with Crippen molar-refractivity contribution in [2.45, 2.75) is 35.7 Å². The van der Waals surface area contributed by atoms with Crippen LogP contribution in [0.4, 0.5) is 13.2 Å². The minimum absolute atomic E-state index is 0.209. The normalized spacial score (nSPS) is 30.7. The van der Waals surface area contributed by atoms with E-state index in [0.29, 0.717) is 4.90 Å². The van der Waals surface area contributed by atoms with Gasteiger partial charge in [0.25, 0.3) is 0 Å². The highest BCUT2D eigenvalue weighted by Crippen LogP contribution is 2.32. The largest absolute Gasteiger partial charge is 0.416 e. The van der Waals surface area contributed by atoms with Crippen LogP contribution in [0.5, 0.6) is 0 Å². The zero-order valence-corrected chi connectivity index (χ0v) is 10.9. The van der Waals surface area contributed by atoms with Gasteiger partial charge in [0.2, 0.25) is 0 Å². The van der Waals surface area contributed by atoms with Crippen LogP contribution in [0.1, 0.15) is 5.56 Å². The Morgan fingerprint density at radius 3 is 2.10 bits per heavy atom. The highest BCUT2D eigenvalue weighted by Gasteiger charge is 2.41. The molecule has 8 heteroatoms. The van der Waals surface area contributed by atoms with Gasteiger partial charge >= 0.3 is 6.18 Å². The third-order valence-electron chi connectivity index (χ3n) is 2.93. The van der Waals surface area contributed by atoms with Crippen LogP contribution in [-0.2, 0) is 10.9 Å². The number of aliphatic hydroxyl groups excluding tert-OH is 3. The Balaban J connectivity index is 1.92. The van der Waals surface area contributed by atoms with Crippen LogP contribution in [0.2, 0.25) is 0 Å². The maximum Gasteiger partial charge on any atom is 0.416 e. The van der Waals surface area contributed by atoms with Gasteiger partial charge in [0.15, 0.2) is 6.29 Å². The number of benzene rings is 1. The molecule has 1 unspecified atom stereocenters. The first kappa shape index (κ1) is 15.6. The summed E-state index contributed by atoms with van der Waals surface area (Å²) in [5.74, 6) is 0.209. The van der Waals surface area contributed by atoms with E-state index in [-0.39, 0.29) is 5.75 Å². The Bertz CT molecular complexity index is 451. The molecule has 0 radical (unpaired) electrons. The van der Waals surface area contributed by atoms with E-state index in [1.165, 1.54) is 23.9 Å². The molecular weight excluding hydrogens is 297 g/mol. The fourth-order valence-corrected chi connectivity index (χ4v) is 2.75. The second-order valence-corrected chi connectivity index (χ2v) is 5.47. The molecule has 1 saturated heterocycles. The van der Waals surface area contributed by atoms with E-state index >= 15 is 0 Å². The maximum absolute atomic E-state index is 12.4. The zero-order chi connectivity index (χ0) is 14.9. The molecular formula is C12H13F3O4S. The van der Waals surface area contributed by atoms with Crippen LogP contribution >= 0.6 is 11.8 Å². The molecule has 0 bridgehead atoms. The van der Waals surface area contributed by atoms with Gasteiger partial charge in [0.1, 0.15) is 12.2 Å². The second kappa shape index (κ2) is 5.90. The second-order valence-electron chi connectivity index (χ2n) is 4.38. The summed E-state index contributed by atoms with van der Waals surface area (Å²) in [6, 6.07) is 4.58. The smallest absolute Gasteiger partial charge is 0.387 e. The monoisotopic (exact) mass is 310 g/mol. The van der Waals surface area contributed by atoms with Crippen LogP contribution in [-0.4, -0.2) is 45.7 Å². The molecule has 1 aliphatic rings. The van der Waals surface area contributed by atoms with Crippen molar-refractivity contribution in [3.8, 4) is 0 Å². The molecule has 1 fully saturated rings. The summed E-state index contributed by atoms with van der Waals surface area (Å²) in [5.41, 5.74) is -0.732. The predicted octanol–water partition coefficient (Wildman–Crippen LogP) is 1.24. The average molecular weight is 310 g/mol. The van der Waals surface area contributed by atoms with Crippen molar-refractivity contribution in [2.24, 2.45) is 0 Å². The lowest BCUT2D eigenvalue weighted by molar-refractivity contribution is -0.137. The molecule has 2 rings (SSSR count). The Kier molecular flexibility index (Phi) is 4.60. The van der Waals surface area contributed by atoms with E-state index < -0.39 is 36.3 Å². The summed E-state index contributed by atoms with van der Waals surface area (Å²) in [5, 5.41) is 28.1. The minimum Gasteiger partial charge on any atom is -0.387 e. The fraction of sp³-hybridized carbons (Fsp3) is 0.500. The van der Waals surface area contributed by atoms with E-state index in [0.717, 1.165) is 12.1 Å². The van der Waals surface area contributed by atoms with E-state index in [1.54, 1.807) is 0 Å². The van der Waals surface area contributed by atoms with Crippen molar-refractivity contribution in [3.05, 3.63) is 29.8 Å². The first-order valence-corrected chi connectivity index (χ1v) is 6.77. The lowest BCUT2D eigenvalue weighted by Gasteiger charge is -2.14. The summed E-state index contributed by atoms with van der Waals surface area (Å²) in [6.07, 6.45) is -9.17. The molecule has 3 N–H and O–H groups in total. The van der Waals surface area contributed by atoms with Crippen LogP contribution in [0.25, 0.3) is 0 Å². The van der Waals surface area contributed by atoms with Crippen molar-refractivity contribution in [1.29, 1.82) is 0 Å². The van der Waals surface area contributed by atoms with E-state index in [2.05, 4.69) is 0 Å². The summed E-state index contributed by atoms with van der Waals surface area (Å²) < 4.78 is 42.1. The average Bonchev–Trinajstić information content (AvgIpc) is 2.63. The molecule has 0 aromatic heterocycles. The number of thioether (sulfide) groups is 1. The number of aliphatic hydroxyl groups is 3. The van der Waals surface area contributed by atoms with Crippen LogP contribution in [0.3, 0.4) is 0 Å². The molecule has 0 aliphatic carbocycles. The van der Waals surface area contributed by atoms with Gasteiger partial charge in [-0.2, -0.15) is 13.2 Å². The van der Waals surface area contributed by atoms with E-state index in [1.807, 2.05) is 0 Å². The molecule has 1 aromatic carbocycles. The third-order valence-corrected chi connectivity index (χ3v) is 4.03. The van der Waals surface area contributed by atoms with Crippen LogP contribution in [0, 0.1) is 0 Å². The zero-order valence-electron chi connectivity index (χ0n) is 10.1. The lowest BCUT2D eigenvalue weighted by atomic mass is 10.2. The molecule has 4 nitrogen and oxygen atoms in total. The van der Waals surface area contributed by atoms with Crippen LogP contribution < -0.4 is 0 Å². The standard InChI is InChI=1S/C12H13F3O4S/c13-12(14,15)6-1-3-7(4-2-6)20-5-8-9(16)10(17)11(18)19-8/h1-4,8-11,16-18H,5H2/t8-,9-,10-,11?/m1/s1. The number of ether oxygens (including phenoxy) is 1. The summed E-state index contributed by atoms with van der Waals surface area (Å²) in [4.78, 5) is 0.574. The molecule has 0 saturated carbocycles. The van der Waals surface area contributed by atoms with Gasteiger partial charge < -0.3 is 20.1 Å². The molecule has 0 spiro atoms. The number of hydrogen-bond acceptors (Lipinski definition) is 5. The molecule has 1 heterocycles.